The third-order valence-corrected chi connectivity index (χ3v) is 3.36. The van der Waals surface area contributed by atoms with E-state index in [1.807, 2.05) is 25.1 Å². The molecule has 0 aliphatic carbocycles. The summed E-state index contributed by atoms with van der Waals surface area (Å²) in [6, 6.07) is 9.27. The molecule has 0 aliphatic heterocycles. The van der Waals surface area contributed by atoms with Crippen molar-refractivity contribution in [1.29, 1.82) is 5.26 Å². The molecule has 4 N–H and O–H groups in total. The second kappa shape index (κ2) is 4.86. The van der Waals surface area contributed by atoms with Gasteiger partial charge in [0.05, 0.1) is 5.39 Å². The summed E-state index contributed by atoms with van der Waals surface area (Å²) in [4.78, 5) is 32.1. The van der Waals surface area contributed by atoms with E-state index in [0.29, 0.717) is 11.1 Å². The van der Waals surface area contributed by atoms with Crippen LogP contribution >= 0.6 is 0 Å². The molecule has 3 aromatic rings. The average Bonchev–Trinajstić information content (AvgIpc) is 2.46. The first-order valence-corrected chi connectivity index (χ1v) is 6.44. The van der Waals surface area contributed by atoms with E-state index < -0.39 is 11.2 Å². The number of nitriles is 1. The minimum atomic E-state index is -0.677. The van der Waals surface area contributed by atoms with Gasteiger partial charge in [-0.2, -0.15) is 5.26 Å². The molecule has 22 heavy (non-hydrogen) atoms. The Labute approximate surface area is 124 Å². The van der Waals surface area contributed by atoms with Gasteiger partial charge in [-0.25, -0.2) is 9.78 Å². The zero-order valence-electron chi connectivity index (χ0n) is 11.6. The van der Waals surface area contributed by atoms with Crippen molar-refractivity contribution in [3.8, 4) is 17.2 Å². The zero-order valence-corrected chi connectivity index (χ0v) is 11.6. The third kappa shape index (κ3) is 2.03. The fourth-order valence-corrected chi connectivity index (χ4v) is 2.34. The van der Waals surface area contributed by atoms with E-state index in [2.05, 4.69) is 15.0 Å². The molecular weight excluding hydrogens is 282 g/mol. The van der Waals surface area contributed by atoms with Crippen LogP contribution in [0.3, 0.4) is 0 Å². The van der Waals surface area contributed by atoms with Crippen molar-refractivity contribution >= 4 is 16.9 Å². The van der Waals surface area contributed by atoms with Crippen LogP contribution in [0.2, 0.25) is 0 Å². The molecule has 7 heteroatoms. The molecule has 0 fully saturated rings. The maximum absolute atomic E-state index is 12.2. The van der Waals surface area contributed by atoms with Crippen molar-refractivity contribution in [3.05, 3.63) is 56.2 Å². The van der Waals surface area contributed by atoms with Gasteiger partial charge >= 0.3 is 5.69 Å². The lowest BCUT2D eigenvalue weighted by Gasteiger charge is -2.10. The SMILES string of the molecule is Cc1ccc(-c2c(C#N)c(N)nc3[nH]c(=O)[nH]c(=O)c23)cc1. The molecule has 0 unspecified atom stereocenters. The minimum Gasteiger partial charge on any atom is -0.383 e. The van der Waals surface area contributed by atoms with Gasteiger partial charge in [-0.15, -0.1) is 0 Å². The number of aromatic nitrogens is 3. The fraction of sp³-hybridized carbons (Fsp3) is 0.0667. The van der Waals surface area contributed by atoms with Gasteiger partial charge in [0.25, 0.3) is 5.56 Å². The fourth-order valence-electron chi connectivity index (χ4n) is 2.34. The lowest BCUT2D eigenvalue weighted by atomic mass is 9.97. The Hall–Kier alpha value is -3.40. The Bertz CT molecular complexity index is 1040. The number of benzene rings is 1. The minimum absolute atomic E-state index is 0.0353. The standard InChI is InChI=1S/C15H11N5O2/c1-7-2-4-8(5-3-7)10-9(6-16)12(17)18-13-11(10)14(21)20-15(22)19-13/h2-5H,1H3,(H4,17,18,19,20,21,22). The number of nitrogens with two attached hydrogens (primary N) is 1. The molecule has 0 bridgehead atoms. The summed E-state index contributed by atoms with van der Waals surface area (Å²) in [7, 11) is 0. The van der Waals surface area contributed by atoms with Crippen LogP contribution in [-0.2, 0) is 0 Å². The molecule has 0 saturated heterocycles. The number of aromatic amines is 2. The molecule has 1 aromatic carbocycles. The summed E-state index contributed by atoms with van der Waals surface area (Å²) in [6.45, 7) is 1.93. The predicted octanol–water partition coefficient (Wildman–Crippen LogP) is 1.04. The van der Waals surface area contributed by atoms with Gasteiger partial charge in [-0.3, -0.25) is 14.8 Å². The largest absolute Gasteiger partial charge is 0.383 e. The smallest absolute Gasteiger partial charge is 0.327 e. The topological polar surface area (TPSA) is 128 Å². The number of aryl methyl sites for hydroxylation is 1. The van der Waals surface area contributed by atoms with E-state index >= 15 is 0 Å². The summed E-state index contributed by atoms with van der Waals surface area (Å²) in [5.74, 6) is -0.0353. The Morgan fingerprint density at radius 3 is 2.50 bits per heavy atom. The van der Waals surface area contributed by atoms with Gasteiger partial charge in [0, 0.05) is 5.56 Å². The zero-order chi connectivity index (χ0) is 15.9. The molecule has 0 spiro atoms. The van der Waals surface area contributed by atoms with Crippen molar-refractivity contribution in [2.24, 2.45) is 0 Å². The number of nitrogens with one attached hydrogen (secondary N) is 2. The van der Waals surface area contributed by atoms with E-state index in [1.54, 1.807) is 12.1 Å². The molecule has 108 valence electrons. The second-order valence-corrected chi connectivity index (χ2v) is 4.86. The number of hydrogen-bond acceptors (Lipinski definition) is 5. The van der Waals surface area contributed by atoms with Crippen LogP contribution in [0.1, 0.15) is 11.1 Å². The number of hydrogen-bond donors (Lipinski definition) is 3. The van der Waals surface area contributed by atoms with Crippen molar-refractivity contribution in [3.63, 3.8) is 0 Å². The molecular formula is C15H11N5O2. The van der Waals surface area contributed by atoms with Crippen LogP contribution in [0.15, 0.2) is 33.9 Å². The predicted molar refractivity (Wildman–Crippen MR) is 82.3 cm³/mol. The third-order valence-electron chi connectivity index (χ3n) is 3.36. The molecule has 0 aliphatic rings. The molecule has 2 heterocycles. The van der Waals surface area contributed by atoms with Crippen LogP contribution in [0.5, 0.6) is 0 Å². The maximum atomic E-state index is 12.2. The molecule has 0 radical (unpaired) electrons. The van der Waals surface area contributed by atoms with Crippen molar-refractivity contribution in [1.82, 2.24) is 15.0 Å². The second-order valence-electron chi connectivity index (χ2n) is 4.86. The number of rotatable bonds is 1. The number of pyridine rings is 1. The highest BCUT2D eigenvalue weighted by atomic mass is 16.2. The summed E-state index contributed by atoms with van der Waals surface area (Å²) in [5, 5.41) is 9.50. The number of anilines is 1. The monoisotopic (exact) mass is 293 g/mol. The first-order chi connectivity index (χ1) is 10.5. The average molecular weight is 293 g/mol. The van der Waals surface area contributed by atoms with Crippen molar-refractivity contribution in [2.45, 2.75) is 6.92 Å². The van der Waals surface area contributed by atoms with Gasteiger partial charge < -0.3 is 5.73 Å². The van der Waals surface area contributed by atoms with Crippen LogP contribution in [0.4, 0.5) is 5.82 Å². The lowest BCUT2D eigenvalue weighted by Crippen LogP contribution is -2.23. The van der Waals surface area contributed by atoms with E-state index in [0.717, 1.165) is 5.56 Å². The normalized spacial score (nSPS) is 10.5. The molecule has 7 nitrogen and oxygen atoms in total. The summed E-state index contributed by atoms with van der Waals surface area (Å²) >= 11 is 0. The van der Waals surface area contributed by atoms with E-state index in [4.69, 9.17) is 5.73 Å². The van der Waals surface area contributed by atoms with Crippen molar-refractivity contribution < 1.29 is 0 Å². The van der Waals surface area contributed by atoms with E-state index in [9.17, 15) is 14.9 Å². The highest BCUT2D eigenvalue weighted by molar-refractivity contribution is 5.97. The maximum Gasteiger partial charge on any atom is 0.327 e. The molecule has 2 aromatic heterocycles. The van der Waals surface area contributed by atoms with Crippen LogP contribution < -0.4 is 17.0 Å². The number of fused-ring (bicyclic) bond motifs is 1. The molecule has 0 saturated carbocycles. The van der Waals surface area contributed by atoms with Crippen LogP contribution in [0.25, 0.3) is 22.2 Å². The highest BCUT2D eigenvalue weighted by Crippen LogP contribution is 2.31. The summed E-state index contributed by atoms with van der Waals surface area (Å²) in [5.41, 5.74) is 6.72. The molecule has 3 rings (SSSR count). The first kappa shape index (κ1) is 13.6. The van der Waals surface area contributed by atoms with Gasteiger partial charge in [-0.1, -0.05) is 29.8 Å². The van der Waals surface area contributed by atoms with Crippen LogP contribution in [0, 0.1) is 18.3 Å². The number of nitrogen functional groups attached to an aromatic ring is 1. The Balaban J connectivity index is 2.55. The Morgan fingerprint density at radius 1 is 1.18 bits per heavy atom. The van der Waals surface area contributed by atoms with Crippen molar-refractivity contribution in [2.75, 3.05) is 5.73 Å². The molecule has 0 amide bonds. The van der Waals surface area contributed by atoms with Gasteiger partial charge in [0.15, 0.2) is 0 Å². The summed E-state index contributed by atoms with van der Waals surface area (Å²) in [6.07, 6.45) is 0. The summed E-state index contributed by atoms with van der Waals surface area (Å²) < 4.78 is 0. The van der Waals surface area contributed by atoms with E-state index in [1.165, 1.54) is 0 Å². The Kier molecular flexibility index (Phi) is 3.00. The highest BCUT2D eigenvalue weighted by Gasteiger charge is 2.18. The Morgan fingerprint density at radius 2 is 1.86 bits per heavy atom. The van der Waals surface area contributed by atoms with Crippen LogP contribution in [-0.4, -0.2) is 15.0 Å². The van der Waals surface area contributed by atoms with Gasteiger partial charge in [0.1, 0.15) is 23.1 Å². The number of nitrogens with zero attached hydrogens (tertiary/aromatic N) is 2. The quantitative estimate of drug-likeness (QED) is 0.617. The van der Waals surface area contributed by atoms with E-state index in [-0.39, 0.29) is 22.4 Å². The molecule has 0 atom stereocenters. The number of H-pyrrole nitrogens is 2. The van der Waals surface area contributed by atoms with Gasteiger partial charge in [-0.05, 0) is 12.5 Å². The first-order valence-electron chi connectivity index (χ1n) is 6.44. The van der Waals surface area contributed by atoms with Gasteiger partial charge in [0.2, 0.25) is 0 Å². The lowest BCUT2D eigenvalue weighted by molar-refractivity contribution is 1.06.